The van der Waals surface area contributed by atoms with Gasteiger partial charge in [-0.25, -0.2) is 10.0 Å². The highest BCUT2D eigenvalue weighted by Crippen LogP contribution is 2.37. The topological polar surface area (TPSA) is 40.0 Å². The maximum Gasteiger partial charge on any atom is 0.131 e. The molecule has 4 nitrogen and oxygen atoms in total. The van der Waals surface area contributed by atoms with Crippen molar-refractivity contribution in [2.24, 2.45) is 10.1 Å². The molecule has 35 heavy (non-hydrogen) atoms. The van der Waals surface area contributed by atoms with Crippen molar-refractivity contribution in [1.29, 1.82) is 0 Å². The van der Waals surface area contributed by atoms with Crippen LogP contribution in [0, 0.1) is 6.92 Å². The molecular formula is C30H26N4S. The molecule has 0 fully saturated rings. The number of thioether (sulfide) groups is 1. The van der Waals surface area contributed by atoms with Crippen molar-refractivity contribution >= 4 is 39.6 Å². The van der Waals surface area contributed by atoms with Crippen molar-refractivity contribution in [2.75, 3.05) is 17.4 Å². The third-order valence-electron chi connectivity index (χ3n) is 5.64. The van der Waals surface area contributed by atoms with E-state index in [-0.39, 0.29) is 0 Å². The highest BCUT2D eigenvalue weighted by molar-refractivity contribution is 8.18. The van der Waals surface area contributed by atoms with Crippen LogP contribution in [0.3, 0.4) is 0 Å². The molecule has 0 amide bonds. The van der Waals surface area contributed by atoms with E-state index in [9.17, 15) is 0 Å². The molecule has 0 saturated carbocycles. The number of aliphatic imine (C=N–C) groups is 1. The number of benzene rings is 4. The lowest BCUT2D eigenvalue weighted by molar-refractivity contribution is 1.08. The Morgan fingerprint density at radius 3 is 2.20 bits per heavy atom. The van der Waals surface area contributed by atoms with Gasteiger partial charge in [0, 0.05) is 18.2 Å². The number of aryl methyl sites for hydroxylation is 1. The van der Waals surface area contributed by atoms with E-state index in [1.807, 2.05) is 72.7 Å². The molecule has 1 aliphatic rings. The molecule has 0 aromatic heterocycles. The van der Waals surface area contributed by atoms with Crippen LogP contribution >= 0.6 is 11.8 Å². The van der Waals surface area contributed by atoms with Gasteiger partial charge in [-0.1, -0.05) is 90.5 Å². The molecule has 0 spiro atoms. The number of nitrogens with zero attached hydrogens (tertiary/aromatic N) is 3. The molecule has 172 valence electrons. The molecule has 0 aliphatic carbocycles. The molecular weight excluding hydrogens is 448 g/mol. The number of allylic oxidation sites excluding steroid dienone is 1. The third-order valence-corrected chi connectivity index (χ3v) is 6.65. The van der Waals surface area contributed by atoms with Gasteiger partial charge in [-0.15, -0.1) is 0 Å². The van der Waals surface area contributed by atoms with E-state index in [2.05, 4.69) is 66.8 Å². The quantitative estimate of drug-likeness (QED) is 0.292. The Labute approximate surface area is 210 Å². The van der Waals surface area contributed by atoms with E-state index in [4.69, 9.17) is 10.1 Å². The molecule has 0 atom stereocenters. The largest absolute Gasteiger partial charge is 0.386 e. The van der Waals surface area contributed by atoms with E-state index in [0.717, 1.165) is 44.0 Å². The SMILES string of the molecule is CNc1ccccc1N=C(/C=C1/SC(c2ccc(C)cc2)=NN1c1ccccc1)c1ccccc1. The number of nitrogens with one attached hydrogen (secondary N) is 1. The van der Waals surface area contributed by atoms with Gasteiger partial charge in [-0.2, -0.15) is 5.10 Å². The first kappa shape index (κ1) is 22.7. The van der Waals surface area contributed by atoms with Crippen molar-refractivity contribution in [2.45, 2.75) is 6.92 Å². The maximum atomic E-state index is 5.09. The number of hydrogen-bond acceptors (Lipinski definition) is 5. The summed E-state index contributed by atoms with van der Waals surface area (Å²) in [6.45, 7) is 2.10. The smallest absolute Gasteiger partial charge is 0.131 e. The Morgan fingerprint density at radius 1 is 0.829 bits per heavy atom. The molecule has 1 aliphatic heterocycles. The lowest BCUT2D eigenvalue weighted by Crippen LogP contribution is -2.11. The van der Waals surface area contributed by atoms with Gasteiger partial charge in [0.25, 0.3) is 0 Å². The zero-order valence-corrected chi connectivity index (χ0v) is 20.5. The zero-order valence-electron chi connectivity index (χ0n) is 19.7. The Hall–Kier alpha value is -4.09. The van der Waals surface area contributed by atoms with Gasteiger partial charge in [0.2, 0.25) is 0 Å². The molecule has 0 saturated heterocycles. The number of anilines is 2. The summed E-state index contributed by atoms with van der Waals surface area (Å²) in [6, 6.07) is 37.1. The highest BCUT2D eigenvalue weighted by Gasteiger charge is 2.25. The lowest BCUT2D eigenvalue weighted by atomic mass is 10.1. The van der Waals surface area contributed by atoms with E-state index >= 15 is 0 Å². The Balaban J connectivity index is 1.62. The van der Waals surface area contributed by atoms with Crippen LogP contribution < -0.4 is 10.3 Å². The van der Waals surface area contributed by atoms with Gasteiger partial charge in [0.05, 0.1) is 22.8 Å². The van der Waals surface area contributed by atoms with Crippen molar-refractivity contribution in [3.05, 3.63) is 137 Å². The first-order valence-electron chi connectivity index (χ1n) is 11.5. The van der Waals surface area contributed by atoms with Crippen molar-refractivity contribution in [3.8, 4) is 0 Å². The Bertz CT molecular complexity index is 1390. The van der Waals surface area contributed by atoms with Gasteiger partial charge in [-0.3, -0.25) is 0 Å². The van der Waals surface area contributed by atoms with E-state index in [1.165, 1.54) is 5.56 Å². The summed E-state index contributed by atoms with van der Waals surface area (Å²) in [4.78, 5) is 5.09. The predicted molar refractivity (Wildman–Crippen MR) is 151 cm³/mol. The predicted octanol–water partition coefficient (Wildman–Crippen LogP) is 7.61. The highest BCUT2D eigenvalue weighted by atomic mass is 32.2. The summed E-state index contributed by atoms with van der Waals surface area (Å²) in [5, 5.41) is 12.2. The number of rotatable bonds is 6. The van der Waals surface area contributed by atoms with Gasteiger partial charge in [-0.05, 0) is 49.0 Å². The first-order chi connectivity index (χ1) is 17.2. The van der Waals surface area contributed by atoms with Gasteiger partial charge < -0.3 is 5.32 Å². The van der Waals surface area contributed by atoms with Crippen LogP contribution in [0.1, 0.15) is 16.7 Å². The number of hydrazone groups is 1. The fraction of sp³-hybridized carbons (Fsp3) is 0.0667. The van der Waals surface area contributed by atoms with Crippen LogP contribution in [-0.4, -0.2) is 17.8 Å². The Kier molecular flexibility index (Phi) is 6.77. The molecule has 4 aromatic carbocycles. The van der Waals surface area contributed by atoms with E-state index in [1.54, 1.807) is 11.8 Å². The monoisotopic (exact) mass is 474 g/mol. The van der Waals surface area contributed by atoms with Crippen LogP contribution in [0.4, 0.5) is 17.1 Å². The van der Waals surface area contributed by atoms with E-state index < -0.39 is 0 Å². The van der Waals surface area contributed by atoms with Crippen LogP contribution in [-0.2, 0) is 0 Å². The van der Waals surface area contributed by atoms with Crippen molar-refractivity contribution in [1.82, 2.24) is 0 Å². The minimum atomic E-state index is 0.872. The second kappa shape index (κ2) is 10.5. The van der Waals surface area contributed by atoms with Crippen LogP contribution in [0.15, 0.2) is 130 Å². The molecule has 5 rings (SSSR count). The molecule has 5 heteroatoms. The number of para-hydroxylation sites is 3. The lowest BCUT2D eigenvalue weighted by Gasteiger charge is -2.16. The molecule has 4 aromatic rings. The van der Waals surface area contributed by atoms with Gasteiger partial charge >= 0.3 is 0 Å². The third kappa shape index (κ3) is 5.20. The molecule has 0 unspecified atom stereocenters. The normalized spacial score (nSPS) is 14.8. The summed E-state index contributed by atoms with van der Waals surface area (Å²) in [5.74, 6) is 0. The minimum Gasteiger partial charge on any atom is -0.386 e. The minimum absolute atomic E-state index is 0.872. The van der Waals surface area contributed by atoms with Gasteiger partial charge in [0.1, 0.15) is 10.1 Å². The van der Waals surface area contributed by atoms with Gasteiger partial charge in [0.15, 0.2) is 0 Å². The van der Waals surface area contributed by atoms with Crippen molar-refractivity contribution in [3.63, 3.8) is 0 Å². The van der Waals surface area contributed by atoms with Crippen LogP contribution in [0.2, 0.25) is 0 Å². The summed E-state index contributed by atoms with van der Waals surface area (Å²) >= 11 is 1.66. The second-order valence-corrected chi connectivity index (χ2v) is 9.14. The fourth-order valence-electron chi connectivity index (χ4n) is 3.78. The summed E-state index contributed by atoms with van der Waals surface area (Å²) < 4.78 is 0. The van der Waals surface area contributed by atoms with Crippen LogP contribution in [0.25, 0.3) is 0 Å². The summed E-state index contributed by atoms with van der Waals surface area (Å²) in [7, 11) is 1.92. The molecule has 0 bridgehead atoms. The Morgan fingerprint density at radius 2 is 1.49 bits per heavy atom. The standard InChI is InChI=1S/C30H26N4S/c1-22-17-19-24(20-18-22)30-33-34(25-13-7-4-8-14-25)29(35-30)21-28(23-11-5-3-6-12-23)32-27-16-10-9-15-26(27)31-2/h3-21,31H,1-2H3/b29-21+,32-28?. The fourth-order valence-corrected chi connectivity index (χ4v) is 4.76. The van der Waals surface area contributed by atoms with Crippen molar-refractivity contribution < 1.29 is 0 Å². The second-order valence-electron chi connectivity index (χ2n) is 8.13. The zero-order chi connectivity index (χ0) is 24.0. The molecule has 0 radical (unpaired) electrons. The number of hydrogen-bond donors (Lipinski definition) is 1. The van der Waals surface area contributed by atoms with E-state index in [0.29, 0.717) is 0 Å². The van der Waals surface area contributed by atoms with Crippen LogP contribution in [0.5, 0.6) is 0 Å². The summed E-state index contributed by atoms with van der Waals surface area (Å²) in [5.41, 5.74) is 7.13. The molecule has 1 heterocycles. The average molecular weight is 475 g/mol. The summed E-state index contributed by atoms with van der Waals surface area (Å²) in [6.07, 6.45) is 2.13. The average Bonchev–Trinajstić information content (AvgIpc) is 3.34. The molecule has 1 N–H and O–H groups in total. The maximum absolute atomic E-state index is 5.09. The first-order valence-corrected chi connectivity index (χ1v) is 12.3.